The van der Waals surface area contributed by atoms with Crippen LogP contribution in [0.15, 0.2) is 46.9 Å². The molecule has 0 spiro atoms. The van der Waals surface area contributed by atoms with Crippen LogP contribution in [-0.2, 0) is 25.4 Å². The van der Waals surface area contributed by atoms with Gasteiger partial charge < -0.3 is 21.7 Å². The van der Waals surface area contributed by atoms with Crippen molar-refractivity contribution in [2.24, 2.45) is 16.5 Å². The zero-order valence-electron chi connectivity index (χ0n) is 20.7. The first-order chi connectivity index (χ1) is 18.2. The molecule has 1 aromatic heterocycles. The van der Waals surface area contributed by atoms with Crippen LogP contribution in [0.5, 0.6) is 0 Å². The Morgan fingerprint density at radius 2 is 1.97 bits per heavy atom. The molecule has 2 aliphatic rings. The van der Waals surface area contributed by atoms with Gasteiger partial charge >= 0.3 is 0 Å². The topological polar surface area (TPSA) is 181 Å². The van der Waals surface area contributed by atoms with Crippen molar-refractivity contribution >= 4 is 44.9 Å². The van der Waals surface area contributed by atoms with Crippen LogP contribution in [0.2, 0.25) is 0 Å². The van der Waals surface area contributed by atoms with Crippen molar-refractivity contribution < 1.29 is 22.8 Å². The molecule has 12 nitrogen and oxygen atoms in total. The zero-order valence-corrected chi connectivity index (χ0v) is 22.4. The number of hydrogen-bond acceptors (Lipinski definition) is 8. The number of ketones is 1. The van der Waals surface area contributed by atoms with Crippen molar-refractivity contribution in [1.29, 1.82) is 0 Å². The van der Waals surface area contributed by atoms with Gasteiger partial charge in [0.25, 0.3) is 0 Å². The van der Waals surface area contributed by atoms with Crippen molar-refractivity contribution in [2.75, 3.05) is 19.6 Å². The first-order valence-electron chi connectivity index (χ1n) is 12.3. The third kappa shape index (κ3) is 6.55. The van der Waals surface area contributed by atoms with Crippen molar-refractivity contribution in [1.82, 2.24) is 19.5 Å². The summed E-state index contributed by atoms with van der Waals surface area (Å²) >= 11 is 1.18. The summed E-state index contributed by atoms with van der Waals surface area (Å²) in [7, 11) is -3.71. The minimum atomic E-state index is -3.71. The predicted octanol–water partition coefficient (Wildman–Crippen LogP) is 0.0694. The van der Waals surface area contributed by atoms with E-state index in [1.165, 1.54) is 26.7 Å². The van der Waals surface area contributed by atoms with Crippen LogP contribution in [0.3, 0.4) is 0 Å². The lowest BCUT2D eigenvalue weighted by Gasteiger charge is -2.38. The summed E-state index contributed by atoms with van der Waals surface area (Å²) < 4.78 is 27.2. The molecule has 14 heteroatoms. The van der Waals surface area contributed by atoms with Crippen molar-refractivity contribution in [3.05, 3.63) is 52.5 Å². The minimum absolute atomic E-state index is 0.0581. The quantitative estimate of drug-likeness (QED) is 0.149. The summed E-state index contributed by atoms with van der Waals surface area (Å²) in [6, 6.07) is 6.75. The molecular weight excluding hydrogens is 530 g/mol. The van der Waals surface area contributed by atoms with Crippen molar-refractivity contribution in [2.45, 2.75) is 49.6 Å². The molecular formula is C24H31N7O5S2. The number of nitrogens with zero attached hydrogens (tertiary/aromatic N) is 4. The lowest BCUT2D eigenvalue weighted by molar-refractivity contribution is -0.143. The fourth-order valence-electron chi connectivity index (χ4n) is 4.85. The van der Waals surface area contributed by atoms with Crippen LogP contribution < -0.4 is 16.8 Å². The second-order valence-corrected chi connectivity index (χ2v) is 12.2. The number of amides is 2. The highest BCUT2D eigenvalue weighted by Crippen LogP contribution is 2.30. The average molecular weight is 562 g/mol. The second-order valence-electron chi connectivity index (χ2n) is 9.29. The fourth-order valence-corrected chi connectivity index (χ4v) is 6.99. The van der Waals surface area contributed by atoms with Gasteiger partial charge in [0.05, 0.1) is 18.3 Å². The highest BCUT2D eigenvalue weighted by atomic mass is 32.2. The summed E-state index contributed by atoms with van der Waals surface area (Å²) in [6.45, 7) is 0.101. The Bertz CT molecular complexity index is 1280. The Kier molecular flexibility index (Phi) is 8.74. The molecule has 0 bridgehead atoms. The largest absolute Gasteiger partial charge is 0.370 e. The summed E-state index contributed by atoms with van der Waals surface area (Å²) in [4.78, 5) is 48.9. The van der Waals surface area contributed by atoms with Crippen molar-refractivity contribution in [3.8, 4) is 0 Å². The molecule has 0 radical (unpaired) electrons. The fraction of sp³-hybridized carbons (Fsp3) is 0.458. The molecule has 0 aliphatic carbocycles. The number of thiazole rings is 1. The van der Waals surface area contributed by atoms with Gasteiger partial charge in [-0.15, -0.1) is 11.3 Å². The van der Waals surface area contributed by atoms with E-state index in [-0.39, 0.29) is 42.0 Å². The molecule has 5 N–H and O–H groups in total. The van der Waals surface area contributed by atoms with Crippen LogP contribution in [0.1, 0.15) is 41.0 Å². The van der Waals surface area contributed by atoms with Gasteiger partial charge in [-0.3, -0.25) is 19.4 Å². The Morgan fingerprint density at radius 3 is 2.66 bits per heavy atom. The number of fused-ring (bicyclic) bond motifs is 1. The molecule has 0 saturated carbocycles. The third-order valence-electron chi connectivity index (χ3n) is 6.63. The van der Waals surface area contributed by atoms with Gasteiger partial charge in [-0.05, 0) is 31.2 Å². The van der Waals surface area contributed by atoms with Gasteiger partial charge in [-0.1, -0.05) is 30.3 Å². The normalized spacial score (nSPS) is 20.5. The number of hydrogen-bond donors (Lipinski definition) is 3. The first kappa shape index (κ1) is 27.7. The minimum Gasteiger partial charge on any atom is -0.370 e. The monoisotopic (exact) mass is 561 g/mol. The Labute approximate surface area is 225 Å². The second kappa shape index (κ2) is 12.0. The van der Waals surface area contributed by atoms with Crippen LogP contribution in [0, 0.1) is 0 Å². The molecule has 0 unspecified atom stereocenters. The molecule has 2 saturated heterocycles. The summed E-state index contributed by atoms with van der Waals surface area (Å²) in [6.07, 6.45) is 3.11. The van der Waals surface area contributed by atoms with Gasteiger partial charge in [0, 0.05) is 30.7 Å². The van der Waals surface area contributed by atoms with Crippen LogP contribution >= 0.6 is 11.3 Å². The van der Waals surface area contributed by atoms with E-state index in [0.717, 1.165) is 0 Å². The number of guanidine groups is 1. The number of piperazine rings is 1. The highest BCUT2D eigenvalue weighted by Gasteiger charge is 2.47. The predicted molar refractivity (Wildman–Crippen MR) is 143 cm³/mol. The van der Waals surface area contributed by atoms with Crippen LogP contribution in [-0.4, -0.2) is 83.9 Å². The number of aromatic nitrogens is 1. The summed E-state index contributed by atoms with van der Waals surface area (Å²) in [5.74, 6) is -1.45. The van der Waals surface area contributed by atoms with Gasteiger partial charge in [0.2, 0.25) is 27.6 Å². The Balaban J connectivity index is 1.42. The number of sulfonamides is 1. The number of Topliss-reactive ketones (excluding diaryl/α,β-unsaturated/α-hetero) is 1. The molecule has 2 amide bonds. The molecule has 38 heavy (non-hydrogen) atoms. The molecule has 2 aromatic rings. The molecule has 2 fully saturated rings. The third-order valence-corrected chi connectivity index (χ3v) is 9.18. The van der Waals surface area contributed by atoms with Gasteiger partial charge in [-0.25, -0.2) is 13.4 Å². The first-order valence-corrected chi connectivity index (χ1v) is 14.8. The molecule has 3 atom stereocenters. The van der Waals surface area contributed by atoms with E-state index in [2.05, 4.69) is 15.3 Å². The number of nitrogens with one attached hydrogen (secondary N) is 1. The maximum atomic E-state index is 13.3. The van der Waals surface area contributed by atoms with E-state index in [9.17, 15) is 22.8 Å². The zero-order chi connectivity index (χ0) is 27.3. The Morgan fingerprint density at radius 1 is 1.21 bits per heavy atom. The molecule has 204 valence electrons. The number of benzene rings is 1. The van der Waals surface area contributed by atoms with E-state index in [1.807, 2.05) is 0 Å². The number of rotatable bonds is 11. The molecule has 3 heterocycles. The number of carbonyl (C=O) groups excluding carboxylic acids is 3. The van der Waals surface area contributed by atoms with E-state index >= 15 is 0 Å². The van der Waals surface area contributed by atoms with E-state index in [0.29, 0.717) is 31.4 Å². The van der Waals surface area contributed by atoms with E-state index < -0.39 is 40.0 Å². The SMILES string of the molecule is NC(N)=NCCC[C@H](NC(=O)[C@@H]1CC[C@H]2CN(S(=O)(=O)Cc3ccccc3)CC(=O)N21)C(=O)c1nccs1. The van der Waals surface area contributed by atoms with Gasteiger partial charge in [0.1, 0.15) is 6.04 Å². The van der Waals surface area contributed by atoms with E-state index in [4.69, 9.17) is 11.5 Å². The highest BCUT2D eigenvalue weighted by molar-refractivity contribution is 7.88. The van der Waals surface area contributed by atoms with Gasteiger partial charge in [-0.2, -0.15) is 4.31 Å². The lowest BCUT2D eigenvalue weighted by Crippen LogP contribution is -2.60. The van der Waals surface area contributed by atoms with Crippen LogP contribution in [0.25, 0.3) is 0 Å². The van der Waals surface area contributed by atoms with Crippen LogP contribution in [0.4, 0.5) is 0 Å². The van der Waals surface area contributed by atoms with E-state index in [1.54, 1.807) is 35.7 Å². The molecule has 1 aromatic carbocycles. The number of nitrogens with two attached hydrogens (primary N) is 2. The van der Waals surface area contributed by atoms with Crippen molar-refractivity contribution in [3.63, 3.8) is 0 Å². The number of carbonyl (C=O) groups is 3. The van der Waals surface area contributed by atoms with Gasteiger partial charge in [0.15, 0.2) is 11.0 Å². The molecule has 4 rings (SSSR count). The summed E-state index contributed by atoms with van der Waals surface area (Å²) in [5, 5.41) is 4.75. The lowest BCUT2D eigenvalue weighted by atomic mass is 10.1. The Hall–Kier alpha value is -3.36. The number of aliphatic imine (C=N–C) groups is 1. The summed E-state index contributed by atoms with van der Waals surface area (Å²) in [5.41, 5.74) is 11.4. The maximum Gasteiger partial charge on any atom is 0.243 e. The standard InChI is InChI=1S/C24H31N7O5S2/c25-24(26)28-10-4-7-18(21(33)23-27-11-12-37-23)29-22(34)19-9-8-17-13-30(14-20(32)31(17)19)38(35,36)15-16-5-2-1-3-6-16/h1-3,5-6,11-12,17-19H,4,7-10,13-15H2,(H,29,34)(H4,25,26,28)/t17-,18-,19-/m0/s1. The smallest absolute Gasteiger partial charge is 0.243 e. The molecule has 2 aliphatic heterocycles. The average Bonchev–Trinajstić information content (AvgIpc) is 3.56. The maximum absolute atomic E-state index is 13.3.